The Hall–Kier alpha value is -1.02. The molecule has 1 aliphatic rings. The third-order valence-corrected chi connectivity index (χ3v) is 2.81. The molecule has 0 saturated carbocycles. The van der Waals surface area contributed by atoms with Crippen LogP contribution in [0.2, 0.25) is 0 Å². The fourth-order valence-electron chi connectivity index (χ4n) is 1.98. The Morgan fingerprint density at radius 1 is 1.43 bits per heavy atom. The summed E-state index contributed by atoms with van der Waals surface area (Å²) in [5.74, 6) is 0. The molecule has 1 atom stereocenters. The smallest absolute Gasteiger partial charge is 0.0481 e. The second kappa shape index (κ2) is 4.47. The van der Waals surface area contributed by atoms with Crippen LogP contribution in [-0.2, 0) is 11.2 Å². The second-order valence-electron chi connectivity index (χ2n) is 3.82. The van der Waals surface area contributed by atoms with Crippen LogP contribution in [-0.4, -0.2) is 19.8 Å². The van der Waals surface area contributed by atoms with Crippen LogP contribution in [0.25, 0.3) is 0 Å². The van der Waals surface area contributed by atoms with Gasteiger partial charge in [0.1, 0.15) is 0 Å². The lowest BCUT2D eigenvalue weighted by atomic mass is 9.97. The maximum atomic E-state index is 5.09. The van der Waals surface area contributed by atoms with Gasteiger partial charge in [0.15, 0.2) is 0 Å². The van der Waals surface area contributed by atoms with E-state index in [1.54, 1.807) is 7.11 Å². The molecular weight excluding hydrogens is 174 g/mol. The average molecular weight is 191 g/mol. The zero-order chi connectivity index (χ0) is 9.80. The molecule has 0 saturated heterocycles. The average Bonchev–Trinajstić information content (AvgIpc) is 2.26. The normalized spacial score (nSPS) is 19.9. The zero-order valence-corrected chi connectivity index (χ0v) is 8.62. The Morgan fingerprint density at radius 3 is 3.14 bits per heavy atom. The summed E-state index contributed by atoms with van der Waals surface area (Å²) < 4.78 is 5.09. The van der Waals surface area contributed by atoms with Crippen LogP contribution in [0, 0.1) is 0 Å². The fraction of sp³-hybridized carbons (Fsp3) is 0.500. The highest BCUT2D eigenvalue weighted by Crippen LogP contribution is 2.25. The summed E-state index contributed by atoms with van der Waals surface area (Å²) in [6, 6.07) is 9.15. The predicted octanol–water partition coefficient (Wildman–Crippen LogP) is 2.45. The van der Waals surface area contributed by atoms with E-state index in [2.05, 4.69) is 29.6 Å². The largest absolute Gasteiger partial charge is 0.385 e. The van der Waals surface area contributed by atoms with Gasteiger partial charge in [0.25, 0.3) is 0 Å². The Bertz CT molecular complexity index is 298. The van der Waals surface area contributed by atoms with E-state index in [4.69, 9.17) is 4.74 Å². The molecule has 0 fully saturated rings. The molecule has 2 heteroatoms. The fourth-order valence-corrected chi connectivity index (χ4v) is 1.98. The summed E-state index contributed by atoms with van der Waals surface area (Å²) in [7, 11) is 1.76. The van der Waals surface area contributed by atoms with E-state index < -0.39 is 0 Å². The van der Waals surface area contributed by atoms with E-state index in [0.717, 1.165) is 13.0 Å². The summed E-state index contributed by atoms with van der Waals surface area (Å²) >= 11 is 0. The monoisotopic (exact) mass is 191 g/mol. The van der Waals surface area contributed by atoms with Crippen molar-refractivity contribution in [2.75, 3.05) is 19.0 Å². The quantitative estimate of drug-likeness (QED) is 0.792. The number of benzene rings is 1. The van der Waals surface area contributed by atoms with E-state index in [-0.39, 0.29) is 0 Å². The maximum absolute atomic E-state index is 5.09. The van der Waals surface area contributed by atoms with Crippen LogP contribution in [0.15, 0.2) is 24.3 Å². The molecule has 2 nitrogen and oxygen atoms in total. The summed E-state index contributed by atoms with van der Waals surface area (Å²) in [5.41, 5.74) is 2.75. The molecule has 14 heavy (non-hydrogen) atoms. The van der Waals surface area contributed by atoms with Crippen LogP contribution in [0.1, 0.15) is 18.4 Å². The maximum Gasteiger partial charge on any atom is 0.0481 e. The highest BCUT2D eigenvalue weighted by atomic mass is 16.5. The van der Waals surface area contributed by atoms with Gasteiger partial charge in [-0.1, -0.05) is 18.2 Å². The number of hydrogen-bond acceptors (Lipinski definition) is 2. The Kier molecular flexibility index (Phi) is 3.04. The highest BCUT2D eigenvalue weighted by Gasteiger charge is 2.16. The van der Waals surface area contributed by atoms with Gasteiger partial charge in [-0.3, -0.25) is 0 Å². The van der Waals surface area contributed by atoms with Crippen molar-refractivity contribution in [3.05, 3.63) is 29.8 Å². The van der Waals surface area contributed by atoms with Gasteiger partial charge in [0.05, 0.1) is 0 Å². The second-order valence-corrected chi connectivity index (χ2v) is 3.82. The van der Waals surface area contributed by atoms with Gasteiger partial charge >= 0.3 is 0 Å². The number of anilines is 1. The van der Waals surface area contributed by atoms with Gasteiger partial charge in [0, 0.05) is 25.4 Å². The minimum atomic E-state index is 0.588. The lowest BCUT2D eigenvalue weighted by Gasteiger charge is -2.26. The topological polar surface area (TPSA) is 21.3 Å². The molecule has 0 radical (unpaired) electrons. The first-order chi connectivity index (χ1) is 6.90. The van der Waals surface area contributed by atoms with Crippen molar-refractivity contribution in [3.63, 3.8) is 0 Å². The van der Waals surface area contributed by atoms with Crippen LogP contribution < -0.4 is 5.32 Å². The molecule has 0 spiro atoms. The van der Waals surface area contributed by atoms with E-state index in [1.165, 1.54) is 24.1 Å². The van der Waals surface area contributed by atoms with Crippen molar-refractivity contribution in [1.29, 1.82) is 0 Å². The first-order valence-electron chi connectivity index (χ1n) is 5.23. The molecule has 1 aliphatic heterocycles. The number of fused-ring (bicyclic) bond motifs is 1. The molecule has 1 N–H and O–H groups in total. The Morgan fingerprint density at radius 2 is 2.29 bits per heavy atom. The van der Waals surface area contributed by atoms with E-state index in [0.29, 0.717) is 6.04 Å². The molecule has 0 aliphatic carbocycles. The number of aryl methyl sites for hydroxylation is 1. The van der Waals surface area contributed by atoms with Gasteiger partial charge in [0.2, 0.25) is 0 Å². The van der Waals surface area contributed by atoms with Crippen molar-refractivity contribution in [2.24, 2.45) is 0 Å². The van der Waals surface area contributed by atoms with Crippen LogP contribution >= 0.6 is 0 Å². The number of hydrogen-bond donors (Lipinski definition) is 1. The van der Waals surface area contributed by atoms with Gasteiger partial charge in [-0.25, -0.2) is 0 Å². The first kappa shape index (κ1) is 9.53. The van der Waals surface area contributed by atoms with E-state index in [9.17, 15) is 0 Å². The summed E-state index contributed by atoms with van der Waals surface area (Å²) in [6.07, 6.45) is 3.52. The van der Waals surface area contributed by atoms with Gasteiger partial charge < -0.3 is 10.1 Å². The number of rotatable bonds is 3. The molecular formula is C12H17NO. The van der Waals surface area contributed by atoms with Crippen molar-refractivity contribution in [1.82, 2.24) is 0 Å². The van der Waals surface area contributed by atoms with E-state index in [1.807, 2.05) is 0 Å². The Labute approximate surface area is 85.3 Å². The minimum absolute atomic E-state index is 0.588. The molecule has 2 rings (SSSR count). The van der Waals surface area contributed by atoms with Crippen LogP contribution in [0.5, 0.6) is 0 Å². The van der Waals surface area contributed by atoms with Gasteiger partial charge in [-0.15, -0.1) is 0 Å². The molecule has 1 aromatic rings. The summed E-state index contributed by atoms with van der Waals surface area (Å²) in [4.78, 5) is 0. The number of methoxy groups -OCH3 is 1. The molecule has 1 aromatic carbocycles. The predicted molar refractivity (Wildman–Crippen MR) is 58.7 cm³/mol. The molecule has 0 aromatic heterocycles. The first-order valence-corrected chi connectivity index (χ1v) is 5.23. The summed E-state index contributed by atoms with van der Waals surface area (Å²) in [6.45, 7) is 0.847. The Balaban J connectivity index is 1.99. The molecule has 1 heterocycles. The van der Waals surface area contributed by atoms with Crippen molar-refractivity contribution in [3.8, 4) is 0 Å². The molecule has 0 amide bonds. The molecule has 1 unspecified atom stereocenters. The van der Waals surface area contributed by atoms with E-state index >= 15 is 0 Å². The van der Waals surface area contributed by atoms with Crippen LogP contribution in [0.4, 0.5) is 5.69 Å². The van der Waals surface area contributed by atoms with Gasteiger partial charge in [-0.05, 0) is 30.9 Å². The van der Waals surface area contributed by atoms with Crippen molar-refractivity contribution < 1.29 is 4.74 Å². The zero-order valence-electron chi connectivity index (χ0n) is 8.62. The number of ether oxygens (including phenoxy) is 1. The minimum Gasteiger partial charge on any atom is -0.385 e. The number of nitrogens with one attached hydrogen (secondary N) is 1. The van der Waals surface area contributed by atoms with Crippen LogP contribution in [0.3, 0.4) is 0 Å². The molecule has 76 valence electrons. The van der Waals surface area contributed by atoms with Gasteiger partial charge in [-0.2, -0.15) is 0 Å². The highest BCUT2D eigenvalue weighted by molar-refractivity contribution is 5.53. The molecule has 0 bridgehead atoms. The summed E-state index contributed by atoms with van der Waals surface area (Å²) in [5, 5.41) is 3.55. The third kappa shape index (κ3) is 2.07. The standard InChI is InChI=1S/C12H17NO/c1-14-9-8-11-7-6-10-4-2-3-5-12(10)13-11/h2-5,11,13H,6-9H2,1H3. The van der Waals surface area contributed by atoms with Crippen molar-refractivity contribution >= 4 is 5.69 Å². The SMILES string of the molecule is COCCC1CCc2ccccc2N1. The van der Waals surface area contributed by atoms with Crippen molar-refractivity contribution in [2.45, 2.75) is 25.3 Å². The lowest BCUT2D eigenvalue weighted by molar-refractivity contribution is 0.188. The number of para-hydroxylation sites is 1. The third-order valence-electron chi connectivity index (χ3n) is 2.81. The lowest BCUT2D eigenvalue weighted by Crippen LogP contribution is -2.26.